The van der Waals surface area contributed by atoms with Gasteiger partial charge in [0.1, 0.15) is 0 Å². The Hall–Kier alpha value is -3.12. The van der Waals surface area contributed by atoms with Crippen molar-refractivity contribution in [2.45, 2.75) is 25.6 Å². The van der Waals surface area contributed by atoms with E-state index in [-0.39, 0.29) is 6.04 Å². The van der Waals surface area contributed by atoms with Gasteiger partial charge in [0, 0.05) is 56.9 Å². The smallest absolute Gasteiger partial charge is 0.203 e. The highest BCUT2D eigenvalue weighted by atomic mass is 16.5. The van der Waals surface area contributed by atoms with Crippen LogP contribution in [0.1, 0.15) is 29.3 Å². The average molecular weight is 436 g/mol. The molecule has 0 radical (unpaired) electrons. The number of aromatic nitrogens is 1. The van der Waals surface area contributed by atoms with Gasteiger partial charge in [-0.15, -0.1) is 0 Å². The predicted octanol–water partition coefficient (Wildman–Crippen LogP) is 4.58. The van der Waals surface area contributed by atoms with Crippen LogP contribution >= 0.6 is 0 Å². The molecule has 1 aromatic heterocycles. The van der Waals surface area contributed by atoms with E-state index >= 15 is 0 Å². The number of fused-ring (bicyclic) bond motifs is 1. The molecule has 0 fully saturated rings. The van der Waals surface area contributed by atoms with Crippen LogP contribution in [0.3, 0.4) is 0 Å². The van der Waals surface area contributed by atoms with Crippen molar-refractivity contribution in [2.75, 3.05) is 46.9 Å². The van der Waals surface area contributed by atoms with Gasteiger partial charge in [-0.3, -0.25) is 4.90 Å². The summed E-state index contributed by atoms with van der Waals surface area (Å²) in [6.45, 7) is 2.84. The lowest BCUT2D eigenvalue weighted by Gasteiger charge is -2.32. The maximum Gasteiger partial charge on any atom is 0.203 e. The Morgan fingerprint density at radius 2 is 1.62 bits per heavy atom. The predicted molar refractivity (Wildman–Crippen MR) is 128 cm³/mol. The van der Waals surface area contributed by atoms with E-state index in [1.165, 1.54) is 16.9 Å². The normalized spacial score (nSPS) is 16.2. The zero-order valence-electron chi connectivity index (χ0n) is 19.7. The first-order valence-corrected chi connectivity index (χ1v) is 11.0. The molecule has 0 bridgehead atoms. The number of hydrogen-bond donors (Lipinski definition) is 0. The highest BCUT2D eigenvalue weighted by Crippen LogP contribution is 2.46. The summed E-state index contributed by atoms with van der Waals surface area (Å²) >= 11 is 0. The molecule has 170 valence electrons. The minimum Gasteiger partial charge on any atom is -0.493 e. The van der Waals surface area contributed by atoms with Crippen molar-refractivity contribution in [3.63, 3.8) is 0 Å². The van der Waals surface area contributed by atoms with Gasteiger partial charge in [0.15, 0.2) is 11.5 Å². The van der Waals surface area contributed by atoms with E-state index in [1.54, 1.807) is 21.3 Å². The third-order valence-electron chi connectivity index (χ3n) is 6.22. The molecule has 0 unspecified atom stereocenters. The SMILES string of the molecule is COc1ccc([C@H]2c3cccn3CCCN2Cc2ccc(N(C)C)cc2)c(OC)c1OC. The number of ether oxygens (including phenoxy) is 3. The van der Waals surface area contributed by atoms with Crippen molar-refractivity contribution < 1.29 is 14.2 Å². The Labute approximate surface area is 190 Å². The number of aryl methyl sites for hydroxylation is 1. The molecule has 0 amide bonds. The van der Waals surface area contributed by atoms with E-state index in [0.717, 1.165) is 37.4 Å². The maximum absolute atomic E-state index is 5.89. The second-order valence-corrected chi connectivity index (χ2v) is 8.34. The summed E-state index contributed by atoms with van der Waals surface area (Å²) in [7, 11) is 9.14. The molecule has 0 aliphatic carbocycles. The van der Waals surface area contributed by atoms with Crippen molar-refractivity contribution in [1.82, 2.24) is 9.47 Å². The van der Waals surface area contributed by atoms with Gasteiger partial charge in [-0.25, -0.2) is 0 Å². The zero-order chi connectivity index (χ0) is 22.7. The Balaban J connectivity index is 1.79. The fourth-order valence-corrected chi connectivity index (χ4v) is 4.64. The first-order chi connectivity index (χ1) is 15.6. The summed E-state index contributed by atoms with van der Waals surface area (Å²) in [4.78, 5) is 4.66. The van der Waals surface area contributed by atoms with E-state index in [0.29, 0.717) is 11.5 Å². The van der Waals surface area contributed by atoms with Crippen LogP contribution in [0.15, 0.2) is 54.7 Å². The molecule has 2 aromatic carbocycles. The Morgan fingerprint density at radius 3 is 2.28 bits per heavy atom. The zero-order valence-corrected chi connectivity index (χ0v) is 19.7. The van der Waals surface area contributed by atoms with Gasteiger partial charge < -0.3 is 23.7 Å². The number of benzene rings is 2. The monoisotopic (exact) mass is 435 g/mol. The molecule has 0 spiro atoms. The molecule has 0 saturated heterocycles. The standard InChI is InChI=1S/C26H33N3O3/c1-27(2)20-11-9-19(10-12-20)18-29-17-7-16-28-15-6-8-22(28)24(29)21-13-14-23(30-3)26(32-5)25(21)31-4/h6,8-15,24H,7,16-18H2,1-5H3/t24-/m0/s1. The molecule has 6 nitrogen and oxygen atoms in total. The van der Waals surface area contributed by atoms with Crippen molar-refractivity contribution >= 4 is 5.69 Å². The molecular formula is C26H33N3O3. The summed E-state index contributed by atoms with van der Waals surface area (Å²) in [5.41, 5.74) is 4.84. The number of methoxy groups -OCH3 is 3. The van der Waals surface area contributed by atoms with Crippen LogP contribution in [0.5, 0.6) is 17.2 Å². The minimum atomic E-state index is 0.0378. The van der Waals surface area contributed by atoms with Crippen molar-refractivity contribution in [1.29, 1.82) is 0 Å². The summed E-state index contributed by atoms with van der Waals surface area (Å²) < 4.78 is 19.5. The van der Waals surface area contributed by atoms with E-state index in [4.69, 9.17) is 14.2 Å². The quantitative estimate of drug-likeness (QED) is 0.543. The molecule has 32 heavy (non-hydrogen) atoms. The molecule has 1 aliphatic heterocycles. The summed E-state index contributed by atoms with van der Waals surface area (Å²) in [6, 6.07) is 17.3. The van der Waals surface area contributed by atoms with E-state index in [2.05, 4.69) is 77.1 Å². The van der Waals surface area contributed by atoms with Crippen LogP contribution in [0, 0.1) is 0 Å². The van der Waals surface area contributed by atoms with Crippen molar-refractivity contribution in [3.8, 4) is 17.2 Å². The van der Waals surface area contributed by atoms with Gasteiger partial charge in [0.05, 0.1) is 27.4 Å². The fourth-order valence-electron chi connectivity index (χ4n) is 4.64. The minimum absolute atomic E-state index is 0.0378. The number of nitrogens with zero attached hydrogens (tertiary/aromatic N) is 3. The largest absolute Gasteiger partial charge is 0.493 e. The third-order valence-corrected chi connectivity index (χ3v) is 6.22. The molecule has 4 rings (SSSR count). The first-order valence-electron chi connectivity index (χ1n) is 11.0. The summed E-state index contributed by atoms with van der Waals surface area (Å²) in [5, 5.41) is 0. The van der Waals surface area contributed by atoms with E-state index in [9.17, 15) is 0 Å². The van der Waals surface area contributed by atoms with Crippen LogP contribution in [-0.2, 0) is 13.1 Å². The second kappa shape index (κ2) is 9.57. The molecule has 3 aromatic rings. The average Bonchev–Trinajstić information content (AvgIpc) is 3.20. The highest BCUT2D eigenvalue weighted by Gasteiger charge is 2.31. The number of anilines is 1. The van der Waals surface area contributed by atoms with Crippen molar-refractivity contribution in [2.24, 2.45) is 0 Å². The van der Waals surface area contributed by atoms with Gasteiger partial charge in [-0.05, 0) is 48.4 Å². The lowest BCUT2D eigenvalue weighted by Crippen LogP contribution is -2.30. The van der Waals surface area contributed by atoms with Gasteiger partial charge in [-0.1, -0.05) is 12.1 Å². The van der Waals surface area contributed by atoms with E-state index in [1.807, 2.05) is 6.07 Å². The highest BCUT2D eigenvalue weighted by molar-refractivity contribution is 5.58. The molecule has 0 N–H and O–H groups in total. The van der Waals surface area contributed by atoms with Crippen LogP contribution < -0.4 is 19.1 Å². The van der Waals surface area contributed by atoms with E-state index < -0.39 is 0 Å². The Morgan fingerprint density at radius 1 is 0.875 bits per heavy atom. The van der Waals surface area contributed by atoms with Gasteiger partial charge in [-0.2, -0.15) is 0 Å². The molecule has 1 atom stereocenters. The fraction of sp³-hybridized carbons (Fsp3) is 0.385. The third kappa shape index (κ3) is 4.15. The second-order valence-electron chi connectivity index (χ2n) is 8.34. The number of rotatable bonds is 7. The maximum atomic E-state index is 5.89. The Kier molecular flexibility index (Phi) is 6.61. The molecule has 0 saturated carbocycles. The van der Waals surface area contributed by atoms with Gasteiger partial charge >= 0.3 is 0 Å². The molecule has 1 aliphatic rings. The molecule has 2 heterocycles. The molecular weight excluding hydrogens is 402 g/mol. The summed E-state index contributed by atoms with van der Waals surface area (Å²) in [6.07, 6.45) is 3.26. The topological polar surface area (TPSA) is 39.1 Å². The van der Waals surface area contributed by atoms with Gasteiger partial charge in [0.2, 0.25) is 5.75 Å². The van der Waals surface area contributed by atoms with Crippen LogP contribution in [0.25, 0.3) is 0 Å². The summed E-state index contributed by atoms with van der Waals surface area (Å²) in [5.74, 6) is 2.02. The Bertz CT molecular complexity index is 1040. The van der Waals surface area contributed by atoms with Crippen LogP contribution in [-0.4, -0.2) is 51.4 Å². The van der Waals surface area contributed by atoms with Crippen LogP contribution in [0.2, 0.25) is 0 Å². The molecule has 6 heteroatoms. The van der Waals surface area contributed by atoms with Crippen LogP contribution in [0.4, 0.5) is 5.69 Å². The lowest BCUT2D eigenvalue weighted by molar-refractivity contribution is 0.214. The van der Waals surface area contributed by atoms with Gasteiger partial charge in [0.25, 0.3) is 0 Å². The lowest BCUT2D eigenvalue weighted by atomic mass is 9.99. The van der Waals surface area contributed by atoms with Crippen molar-refractivity contribution in [3.05, 3.63) is 71.5 Å². The number of hydrogen-bond acceptors (Lipinski definition) is 5. The first kappa shape index (κ1) is 22.1.